The molecule has 18 heavy (non-hydrogen) atoms. The third-order valence-corrected chi connectivity index (χ3v) is 4.64. The molecule has 2 rings (SSSR count). The van der Waals surface area contributed by atoms with Crippen molar-refractivity contribution in [2.75, 3.05) is 0 Å². The molecule has 0 aliphatic heterocycles. The summed E-state index contributed by atoms with van der Waals surface area (Å²) in [6, 6.07) is 11.7. The number of carbonyl (C=O) groups is 1. The third-order valence-electron chi connectivity index (χ3n) is 3.21. The average Bonchev–Trinajstić information content (AvgIpc) is 2.35. The number of halogens is 1. The lowest BCUT2D eigenvalue weighted by atomic mass is 9.98. The molecule has 0 unspecified atom stereocenters. The highest BCUT2D eigenvalue weighted by Crippen LogP contribution is 2.21. The van der Waals surface area contributed by atoms with Crippen LogP contribution in [-0.4, -0.2) is 5.78 Å². The molecule has 0 spiro atoms. The van der Waals surface area contributed by atoms with E-state index in [4.69, 9.17) is 0 Å². The maximum absolute atomic E-state index is 12.5. The Morgan fingerprint density at radius 1 is 0.944 bits per heavy atom. The molecule has 0 bridgehead atoms. The second-order valence-corrected chi connectivity index (χ2v) is 5.64. The van der Waals surface area contributed by atoms with Crippen molar-refractivity contribution in [1.29, 1.82) is 0 Å². The van der Waals surface area contributed by atoms with E-state index in [2.05, 4.69) is 29.5 Å². The van der Waals surface area contributed by atoms with Crippen LogP contribution in [0.15, 0.2) is 36.4 Å². The Morgan fingerprint density at radius 2 is 1.67 bits per heavy atom. The van der Waals surface area contributed by atoms with Crippen LogP contribution >= 0.6 is 22.6 Å². The number of hydrogen-bond donors (Lipinski definition) is 0. The normalized spacial score (nSPS) is 10.4. The molecule has 0 saturated heterocycles. The van der Waals surface area contributed by atoms with Gasteiger partial charge in [-0.05, 0) is 72.2 Å². The minimum atomic E-state index is 0.103. The van der Waals surface area contributed by atoms with E-state index in [1.165, 1.54) is 5.56 Å². The summed E-state index contributed by atoms with van der Waals surface area (Å²) >= 11 is 2.24. The molecular formula is C16H15IO. The minimum absolute atomic E-state index is 0.103. The van der Waals surface area contributed by atoms with Crippen molar-refractivity contribution in [3.05, 3.63) is 67.8 Å². The van der Waals surface area contributed by atoms with Crippen LogP contribution in [-0.2, 0) is 0 Å². The Bertz CT molecular complexity index is 614. The van der Waals surface area contributed by atoms with Gasteiger partial charge in [0, 0.05) is 14.7 Å². The van der Waals surface area contributed by atoms with Crippen molar-refractivity contribution in [2.45, 2.75) is 20.8 Å². The quantitative estimate of drug-likeness (QED) is 0.578. The predicted molar refractivity (Wildman–Crippen MR) is 83.2 cm³/mol. The van der Waals surface area contributed by atoms with Gasteiger partial charge in [-0.3, -0.25) is 4.79 Å². The van der Waals surface area contributed by atoms with Crippen molar-refractivity contribution in [1.82, 2.24) is 0 Å². The van der Waals surface area contributed by atoms with Crippen molar-refractivity contribution >= 4 is 28.4 Å². The summed E-state index contributed by atoms with van der Waals surface area (Å²) in [7, 11) is 0. The second kappa shape index (κ2) is 5.22. The van der Waals surface area contributed by atoms with Crippen LogP contribution in [0, 0.1) is 24.3 Å². The molecule has 2 aromatic carbocycles. The summed E-state index contributed by atoms with van der Waals surface area (Å²) in [6.45, 7) is 6.12. The van der Waals surface area contributed by atoms with Gasteiger partial charge in [-0.1, -0.05) is 24.3 Å². The molecule has 0 aliphatic carbocycles. The van der Waals surface area contributed by atoms with Crippen LogP contribution in [0.4, 0.5) is 0 Å². The summed E-state index contributed by atoms with van der Waals surface area (Å²) < 4.78 is 1.04. The van der Waals surface area contributed by atoms with Gasteiger partial charge in [-0.2, -0.15) is 0 Å². The van der Waals surface area contributed by atoms with Crippen LogP contribution < -0.4 is 0 Å². The van der Waals surface area contributed by atoms with Crippen LogP contribution in [0.5, 0.6) is 0 Å². The van der Waals surface area contributed by atoms with Gasteiger partial charge in [-0.15, -0.1) is 0 Å². The van der Waals surface area contributed by atoms with E-state index in [1.54, 1.807) is 0 Å². The Kier molecular flexibility index (Phi) is 3.85. The zero-order valence-corrected chi connectivity index (χ0v) is 12.9. The zero-order chi connectivity index (χ0) is 13.3. The highest BCUT2D eigenvalue weighted by atomic mass is 127. The molecule has 0 N–H and O–H groups in total. The lowest BCUT2D eigenvalue weighted by Crippen LogP contribution is -2.05. The first-order valence-corrected chi connectivity index (χ1v) is 6.95. The van der Waals surface area contributed by atoms with E-state index in [0.29, 0.717) is 0 Å². The Labute approximate surface area is 121 Å². The van der Waals surface area contributed by atoms with Crippen LogP contribution in [0.1, 0.15) is 32.6 Å². The number of ketones is 1. The Balaban J connectivity index is 2.48. The fourth-order valence-corrected chi connectivity index (χ4v) is 2.47. The van der Waals surface area contributed by atoms with Gasteiger partial charge in [0.15, 0.2) is 5.78 Å². The van der Waals surface area contributed by atoms with E-state index in [1.807, 2.05) is 50.2 Å². The van der Waals surface area contributed by atoms with Crippen molar-refractivity contribution in [3.8, 4) is 0 Å². The van der Waals surface area contributed by atoms with E-state index < -0.39 is 0 Å². The first-order chi connectivity index (χ1) is 8.50. The largest absolute Gasteiger partial charge is 0.289 e. The topological polar surface area (TPSA) is 17.1 Å². The molecule has 0 saturated carbocycles. The SMILES string of the molecule is Cc1ccc(C(=O)c2cccc(C)c2I)cc1C. The van der Waals surface area contributed by atoms with Gasteiger partial charge in [0.2, 0.25) is 0 Å². The molecule has 0 aromatic heterocycles. The molecule has 1 nitrogen and oxygen atoms in total. The van der Waals surface area contributed by atoms with Gasteiger partial charge in [0.05, 0.1) is 0 Å². The van der Waals surface area contributed by atoms with E-state index >= 15 is 0 Å². The second-order valence-electron chi connectivity index (χ2n) is 4.56. The molecule has 0 atom stereocenters. The van der Waals surface area contributed by atoms with Gasteiger partial charge in [-0.25, -0.2) is 0 Å². The Morgan fingerprint density at radius 3 is 2.33 bits per heavy atom. The highest BCUT2D eigenvalue weighted by molar-refractivity contribution is 14.1. The molecule has 0 radical (unpaired) electrons. The van der Waals surface area contributed by atoms with Gasteiger partial charge in [0.1, 0.15) is 0 Å². The third kappa shape index (κ3) is 2.48. The first-order valence-electron chi connectivity index (χ1n) is 5.88. The smallest absolute Gasteiger partial charge is 0.194 e. The van der Waals surface area contributed by atoms with E-state index in [9.17, 15) is 4.79 Å². The predicted octanol–water partition coefficient (Wildman–Crippen LogP) is 4.45. The molecule has 2 heteroatoms. The molecule has 0 heterocycles. The molecule has 0 amide bonds. The van der Waals surface area contributed by atoms with Crippen LogP contribution in [0.2, 0.25) is 0 Å². The molecule has 0 aliphatic rings. The van der Waals surface area contributed by atoms with Gasteiger partial charge in [0.25, 0.3) is 0 Å². The lowest BCUT2D eigenvalue weighted by Gasteiger charge is -2.08. The summed E-state index contributed by atoms with van der Waals surface area (Å²) in [6.07, 6.45) is 0. The lowest BCUT2D eigenvalue weighted by molar-refractivity contribution is 0.103. The van der Waals surface area contributed by atoms with Crippen molar-refractivity contribution in [3.63, 3.8) is 0 Å². The summed E-state index contributed by atoms with van der Waals surface area (Å²) in [5.41, 5.74) is 5.07. The zero-order valence-electron chi connectivity index (χ0n) is 10.8. The van der Waals surface area contributed by atoms with Crippen LogP contribution in [0.25, 0.3) is 0 Å². The Hall–Kier alpha value is -1.16. The minimum Gasteiger partial charge on any atom is -0.289 e. The standard InChI is InChI=1S/C16H15IO/c1-10-7-8-13(9-12(10)3)16(18)14-6-4-5-11(2)15(14)17/h4-9H,1-3H3. The summed E-state index contributed by atoms with van der Waals surface area (Å²) in [5, 5.41) is 0. The molecule has 92 valence electrons. The highest BCUT2D eigenvalue weighted by Gasteiger charge is 2.13. The molecule has 2 aromatic rings. The number of aryl methyl sites for hydroxylation is 3. The number of rotatable bonds is 2. The van der Waals surface area contributed by atoms with E-state index in [-0.39, 0.29) is 5.78 Å². The maximum Gasteiger partial charge on any atom is 0.194 e. The summed E-state index contributed by atoms with van der Waals surface area (Å²) in [5.74, 6) is 0.103. The average molecular weight is 350 g/mol. The van der Waals surface area contributed by atoms with Crippen molar-refractivity contribution in [2.24, 2.45) is 0 Å². The molecular weight excluding hydrogens is 335 g/mol. The van der Waals surface area contributed by atoms with E-state index in [0.717, 1.165) is 25.8 Å². The van der Waals surface area contributed by atoms with Gasteiger partial charge >= 0.3 is 0 Å². The van der Waals surface area contributed by atoms with Crippen molar-refractivity contribution < 1.29 is 4.79 Å². The van der Waals surface area contributed by atoms with Gasteiger partial charge < -0.3 is 0 Å². The first kappa shape index (κ1) is 13.3. The number of benzene rings is 2. The fraction of sp³-hybridized carbons (Fsp3) is 0.188. The maximum atomic E-state index is 12.5. The molecule has 0 fully saturated rings. The number of hydrogen-bond acceptors (Lipinski definition) is 1. The fourth-order valence-electron chi connectivity index (χ4n) is 1.86. The monoisotopic (exact) mass is 350 g/mol. The summed E-state index contributed by atoms with van der Waals surface area (Å²) in [4.78, 5) is 12.5. The number of carbonyl (C=O) groups excluding carboxylic acids is 1. The van der Waals surface area contributed by atoms with Crippen LogP contribution in [0.3, 0.4) is 0 Å².